The van der Waals surface area contributed by atoms with E-state index in [1.165, 1.54) is 42.6 Å². The summed E-state index contributed by atoms with van der Waals surface area (Å²) in [6.45, 7) is 1.97. The number of rotatable bonds is 3. The van der Waals surface area contributed by atoms with Gasteiger partial charge in [0.05, 0.1) is 17.4 Å². The lowest BCUT2D eigenvalue weighted by molar-refractivity contribution is -0.248. The Bertz CT molecular complexity index is 1120. The van der Waals surface area contributed by atoms with Gasteiger partial charge in [-0.15, -0.1) is 0 Å². The summed E-state index contributed by atoms with van der Waals surface area (Å²) in [5.74, 6) is 0. The summed E-state index contributed by atoms with van der Waals surface area (Å²) in [7, 11) is 0. The van der Waals surface area contributed by atoms with Crippen molar-refractivity contribution in [3.05, 3.63) is 95.7 Å². The predicted octanol–water partition coefficient (Wildman–Crippen LogP) is 5.13. The molecular weight excluding hydrogens is 365 g/mol. The molecule has 6 heteroatoms. The van der Waals surface area contributed by atoms with E-state index in [1.54, 1.807) is 16.8 Å². The second-order valence-corrected chi connectivity index (χ2v) is 6.74. The highest BCUT2D eigenvalue weighted by atomic mass is 19.4. The van der Waals surface area contributed by atoms with Crippen molar-refractivity contribution in [3.8, 4) is 5.69 Å². The lowest BCUT2D eigenvalue weighted by atomic mass is 9.85. The maximum atomic E-state index is 13.9. The SMILES string of the molecule is Cc1ccc(-n2ncc3cc(C(O)(c4ccccc4)C(F)(F)F)ccc32)cc1. The van der Waals surface area contributed by atoms with Gasteiger partial charge in [-0.1, -0.05) is 54.1 Å². The quantitative estimate of drug-likeness (QED) is 0.533. The number of aryl methyl sites for hydroxylation is 1. The third kappa shape index (κ3) is 2.86. The molecule has 0 spiro atoms. The summed E-state index contributed by atoms with van der Waals surface area (Å²) in [5.41, 5.74) is -1.02. The maximum absolute atomic E-state index is 13.9. The van der Waals surface area contributed by atoms with Crippen LogP contribution in [0.15, 0.2) is 79.0 Å². The Hall–Kier alpha value is -3.12. The summed E-state index contributed by atoms with van der Waals surface area (Å²) in [6, 6.07) is 19.0. The van der Waals surface area contributed by atoms with Gasteiger partial charge >= 0.3 is 6.18 Å². The van der Waals surface area contributed by atoms with Gasteiger partial charge in [0, 0.05) is 5.39 Å². The topological polar surface area (TPSA) is 38.0 Å². The van der Waals surface area contributed by atoms with Gasteiger partial charge < -0.3 is 5.11 Å². The molecule has 1 atom stereocenters. The Morgan fingerprint density at radius 3 is 2.18 bits per heavy atom. The number of aliphatic hydroxyl groups is 1. The lowest BCUT2D eigenvalue weighted by Gasteiger charge is -2.31. The molecule has 4 rings (SSSR count). The molecule has 1 aromatic heterocycles. The average Bonchev–Trinajstić information content (AvgIpc) is 3.11. The first-order chi connectivity index (χ1) is 13.3. The van der Waals surface area contributed by atoms with Crippen molar-refractivity contribution in [1.29, 1.82) is 0 Å². The van der Waals surface area contributed by atoms with Crippen LogP contribution in [0.4, 0.5) is 13.2 Å². The van der Waals surface area contributed by atoms with E-state index in [9.17, 15) is 18.3 Å². The Morgan fingerprint density at radius 1 is 0.857 bits per heavy atom. The van der Waals surface area contributed by atoms with Crippen molar-refractivity contribution >= 4 is 10.9 Å². The minimum atomic E-state index is -4.88. The minimum absolute atomic E-state index is 0.229. The molecule has 142 valence electrons. The van der Waals surface area contributed by atoms with Crippen LogP contribution in [0.3, 0.4) is 0 Å². The van der Waals surface area contributed by atoms with Crippen LogP contribution >= 0.6 is 0 Å². The van der Waals surface area contributed by atoms with E-state index in [1.807, 2.05) is 31.2 Å². The molecule has 1 unspecified atom stereocenters. The van der Waals surface area contributed by atoms with E-state index in [0.717, 1.165) is 11.3 Å². The molecule has 0 bridgehead atoms. The second kappa shape index (κ2) is 6.49. The molecule has 3 aromatic carbocycles. The first-order valence-electron chi connectivity index (χ1n) is 8.70. The zero-order valence-corrected chi connectivity index (χ0v) is 15.0. The zero-order valence-electron chi connectivity index (χ0n) is 15.0. The number of halogens is 3. The summed E-state index contributed by atoms with van der Waals surface area (Å²) in [5, 5.41) is 15.6. The number of hydrogen-bond donors (Lipinski definition) is 1. The van der Waals surface area contributed by atoms with Crippen LogP contribution in [0.1, 0.15) is 16.7 Å². The van der Waals surface area contributed by atoms with Gasteiger partial charge in [-0.3, -0.25) is 0 Å². The number of benzene rings is 3. The van der Waals surface area contributed by atoms with Crippen molar-refractivity contribution in [3.63, 3.8) is 0 Å². The van der Waals surface area contributed by atoms with Gasteiger partial charge in [0.15, 0.2) is 0 Å². The van der Waals surface area contributed by atoms with Crippen molar-refractivity contribution in [2.24, 2.45) is 0 Å². The van der Waals surface area contributed by atoms with Crippen LogP contribution in [0.25, 0.3) is 16.6 Å². The molecule has 1 heterocycles. The van der Waals surface area contributed by atoms with Crippen LogP contribution in [0, 0.1) is 6.92 Å². The molecule has 0 radical (unpaired) electrons. The van der Waals surface area contributed by atoms with Gasteiger partial charge in [-0.05, 0) is 42.3 Å². The zero-order chi connectivity index (χ0) is 19.9. The van der Waals surface area contributed by atoms with Gasteiger partial charge in [0.2, 0.25) is 5.60 Å². The smallest absolute Gasteiger partial charge is 0.372 e. The Kier molecular flexibility index (Phi) is 4.23. The van der Waals surface area contributed by atoms with Crippen LogP contribution in [-0.4, -0.2) is 21.1 Å². The molecule has 0 saturated carbocycles. The number of aromatic nitrogens is 2. The summed E-state index contributed by atoms with van der Waals surface area (Å²) >= 11 is 0. The van der Waals surface area contributed by atoms with Crippen LogP contribution in [0.2, 0.25) is 0 Å². The number of hydrogen-bond acceptors (Lipinski definition) is 2. The van der Waals surface area contributed by atoms with E-state index >= 15 is 0 Å². The van der Waals surface area contributed by atoms with Crippen LogP contribution in [0.5, 0.6) is 0 Å². The molecule has 0 saturated heterocycles. The maximum Gasteiger partial charge on any atom is 0.425 e. The van der Waals surface area contributed by atoms with Crippen molar-refractivity contribution in [1.82, 2.24) is 9.78 Å². The average molecular weight is 382 g/mol. The third-order valence-electron chi connectivity index (χ3n) is 4.87. The predicted molar refractivity (Wildman–Crippen MR) is 101 cm³/mol. The molecule has 0 amide bonds. The number of alkyl halides is 3. The van der Waals surface area contributed by atoms with E-state index in [4.69, 9.17) is 0 Å². The standard InChI is InChI=1S/C22H17F3N2O/c1-15-7-10-19(11-8-15)27-20-12-9-18(13-16(20)14-26-27)21(28,22(23,24)25)17-5-3-2-4-6-17/h2-14,28H,1H3. The van der Waals surface area contributed by atoms with Gasteiger partial charge in [0.25, 0.3) is 0 Å². The van der Waals surface area contributed by atoms with E-state index < -0.39 is 11.8 Å². The molecular formula is C22H17F3N2O. The first-order valence-corrected chi connectivity index (χ1v) is 8.70. The minimum Gasteiger partial charge on any atom is -0.372 e. The third-order valence-corrected chi connectivity index (χ3v) is 4.87. The highest BCUT2D eigenvalue weighted by Gasteiger charge is 2.56. The Labute approximate surface area is 159 Å². The summed E-state index contributed by atoms with van der Waals surface area (Å²) < 4.78 is 43.4. The highest BCUT2D eigenvalue weighted by molar-refractivity contribution is 5.81. The molecule has 0 aliphatic heterocycles. The van der Waals surface area contributed by atoms with Crippen molar-refractivity contribution in [2.75, 3.05) is 0 Å². The molecule has 1 N–H and O–H groups in total. The lowest BCUT2D eigenvalue weighted by Crippen LogP contribution is -2.43. The van der Waals surface area contributed by atoms with E-state index in [-0.39, 0.29) is 11.1 Å². The molecule has 0 aliphatic carbocycles. The Morgan fingerprint density at radius 2 is 1.54 bits per heavy atom. The molecule has 28 heavy (non-hydrogen) atoms. The fourth-order valence-electron chi connectivity index (χ4n) is 3.32. The summed E-state index contributed by atoms with van der Waals surface area (Å²) in [6.07, 6.45) is -3.38. The van der Waals surface area contributed by atoms with Gasteiger partial charge in [0.1, 0.15) is 0 Å². The fourth-order valence-corrected chi connectivity index (χ4v) is 3.32. The second-order valence-electron chi connectivity index (χ2n) is 6.74. The van der Waals surface area contributed by atoms with E-state index in [0.29, 0.717) is 10.9 Å². The van der Waals surface area contributed by atoms with Gasteiger partial charge in [-0.25, -0.2) is 4.68 Å². The molecule has 3 nitrogen and oxygen atoms in total. The largest absolute Gasteiger partial charge is 0.425 e. The monoisotopic (exact) mass is 382 g/mol. The van der Waals surface area contributed by atoms with Crippen LogP contribution < -0.4 is 0 Å². The molecule has 0 aliphatic rings. The fraction of sp³-hybridized carbons (Fsp3) is 0.136. The van der Waals surface area contributed by atoms with Crippen LogP contribution in [-0.2, 0) is 5.60 Å². The first kappa shape index (κ1) is 18.3. The highest BCUT2D eigenvalue weighted by Crippen LogP contribution is 2.44. The Balaban J connectivity index is 1.86. The normalized spacial score (nSPS) is 14.2. The molecule has 4 aromatic rings. The van der Waals surface area contributed by atoms with Crippen molar-refractivity contribution in [2.45, 2.75) is 18.7 Å². The van der Waals surface area contributed by atoms with Gasteiger partial charge in [-0.2, -0.15) is 18.3 Å². The molecule has 0 fully saturated rings. The number of nitrogens with zero attached hydrogens (tertiary/aromatic N) is 2. The number of fused-ring (bicyclic) bond motifs is 1. The van der Waals surface area contributed by atoms with E-state index in [2.05, 4.69) is 5.10 Å². The van der Waals surface area contributed by atoms with Crippen molar-refractivity contribution < 1.29 is 18.3 Å². The summed E-state index contributed by atoms with van der Waals surface area (Å²) in [4.78, 5) is 0.